The van der Waals surface area contributed by atoms with Crippen molar-refractivity contribution in [3.8, 4) is 0 Å². The molecule has 0 bridgehead atoms. The zero-order valence-corrected chi connectivity index (χ0v) is 12.7. The van der Waals surface area contributed by atoms with Gasteiger partial charge in [0.15, 0.2) is 5.78 Å². The first-order chi connectivity index (χ1) is 9.54. The monoisotopic (exact) mass is 291 g/mol. The molecule has 0 amide bonds. The molecule has 1 heterocycles. The van der Waals surface area contributed by atoms with Gasteiger partial charge in [-0.05, 0) is 37.5 Å². The van der Waals surface area contributed by atoms with Crippen molar-refractivity contribution in [3.63, 3.8) is 0 Å². The van der Waals surface area contributed by atoms with Crippen LogP contribution in [-0.2, 0) is 13.1 Å². The number of rotatable bonds is 5. The average Bonchev–Trinajstić information content (AvgIpc) is 2.90. The number of hydrogen-bond donors (Lipinski definition) is 0. The van der Waals surface area contributed by atoms with Crippen molar-refractivity contribution in [1.29, 1.82) is 0 Å². The van der Waals surface area contributed by atoms with Crippen molar-refractivity contribution < 1.29 is 4.79 Å². The summed E-state index contributed by atoms with van der Waals surface area (Å²) in [7, 11) is 0. The summed E-state index contributed by atoms with van der Waals surface area (Å²) < 4.78 is 3.36. The lowest BCUT2D eigenvalue weighted by Gasteiger charge is -2.23. The summed E-state index contributed by atoms with van der Waals surface area (Å²) in [5.74, 6) is 0.0623. The Balaban J connectivity index is 2.43. The van der Waals surface area contributed by atoms with Crippen LogP contribution >= 0.6 is 11.8 Å². The Kier molecular flexibility index (Phi) is 4.45. The summed E-state index contributed by atoms with van der Waals surface area (Å²) >= 11 is 6.42. The SMILES string of the molecule is CCc1c(C(C)=O)ccc(C)c1N(Cl)Cn1cccn1. The van der Waals surface area contributed by atoms with Crippen LogP contribution in [0, 0.1) is 6.92 Å². The van der Waals surface area contributed by atoms with Gasteiger partial charge >= 0.3 is 0 Å². The smallest absolute Gasteiger partial charge is 0.160 e. The second kappa shape index (κ2) is 6.09. The Bertz CT molecular complexity index is 608. The second-order valence-corrected chi connectivity index (χ2v) is 5.12. The highest BCUT2D eigenvalue weighted by atomic mass is 35.5. The normalized spacial score (nSPS) is 10.6. The molecule has 106 valence electrons. The predicted molar refractivity (Wildman–Crippen MR) is 81.1 cm³/mol. The molecule has 0 aliphatic rings. The van der Waals surface area contributed by atoms with E-state index in [2.05, 4.69) is 5.10 Å². The maximum absolute atomic E-state index is 11.7. The number of carbonyl (C=O) groups is 1. The molecule has 0 atom stereocenters. The van der Waals surface area contributed by atoms with Crippen molar-refractivity contribution in [2.45, 2.75) is 33.9 Å². The van der Waals surface area contributed by atoms with Crippen LogP contribution in [0.15, 0.2) is 30.6 Å². The highest BCUT2D eigenvalue weighted by Crippen LogP contribution is 2.31. The minimum absolute atomic E-state index is 0.0623. The lowest BCUT2D eigenvalue weighted by atomic mass is 9.97. The van der Waals surface area contributed by atoms with Crippen LogP contribution in [0.5, 0.6) is 0 Å². The number of Topliss-reactive ketones (excluding diaryl/α,β-unsaturated/α-hetero) is 1. The zero-order chi connectivity index (χ0) is 14.7. The number of nitrogens with zero attached hydrogens (tertiary/aromatic N) is 3. The molecule has 2 rings (SSSR count). The maximum Gasteiger partial charge on any atom is 0.160 e. The Hall–Kier alpha value is -1.81. The van der Waals surface area contributed by atoms with Gasteiger partial charge in [0.05, 0.1) is 5.69 Å². The lowest BCUT2D eigenvalue weighted by Crippen LogP contribution is -2.19. The van der Waals surface area contributed by atoms with Crippen LogP contribution in [0.2, 0.25) is 0 Å². The van der Waals surface area contributed by atoms with Gasteiger partial charge in [-0.2, -0.15) is 5.10 Å². The van der Waals surface area contributed by atoms with Crippen molar-refractivity contribution in [3.05, 3.63) is 47.3 Å². The van der Waals surface area contributed by atoms with Crippen molar-refractivity contribution in [2.24, 2.45) is 0 Å². The third-order valence-electron chi connectivity index (χ3n) is 3.29. The van der Waals surface area contributed by atoms with Gasteiger partial charge in [0, 0.05) is 29.7 Å². The summed E-state index contributed by atoms with van der Waals surface area (Å²) in [4.78, 5) is 11.7. The van der Waals surface area contributed by atoms with E-state index in [4.69, 9.17) is 11.8 Å². The molecule has 2 aromatic rings. The highest BCUT2D eigenvalue weighted by Gasteiger charge is 2.17. The van der Waals surface area contributed by atoms with Crippen molar-refractivity contribution in [1.82, 2.24) is 9.78 Å². The van der Waals surface area contributed by atoms with Crippen LogP contribution in [0.4, 0.5) is 5.69 Å². The van der Waals surface area contributed by atoms with Gasteiger partial charge in [-0.15, -0.1) is 0 Å². The number of carbonyl (C=O) groups excluding carboxylic acids is 1. The summed E-state index contributed by atoms with van der Waals surface area (Å²) in [6.45, 7) is 6.05. The Morgan fingerprint density at radius 3 is 2.75 bits per heavy atom. The van der Waals surface area contributed by atoms with Crippen LogP contribution in [0.25, 0.3) is 0 Å². The Morgan fingerprint density at radius 1 is 1.45 bits per heavy atom. The zero-order valence-electron chi connectivity index (χ0n) is 11.9. The number of ketones is 1. The molecular formula is C15H18ClN3O. The molecule has 0 spiro atoms. The molecule has 0 aliphatic heterocycles. The molecule has 0 saturated heterocycles. The predicted octanol–water partition coefficient (Wildman–Crippen LogP) is 3.57. The molecule has 0 aliphatic carbocycles. The molecule has 4 nitrogen and oxygen atoms in total. The number of aryl methyl sites for hydroxylation is 1. The van der Waals surface area contributed by atoms with Gasteiger partial charge in [-0.3, -0.25) is 13.9 Å². The van der Waals surface area contributed by atoms with E-state index in [0.29, 0.717) is 6.67 Å². The van der Waals surface area contributed by atoms with E-state index in [0.717, 1.165) is 28.8 Å². The second-order valence-electron chi connectivity index (χ2n) is 4.72. The third-order valence-corrected chi connectivity index (χ3v) is 3.56. The van der Waals surface area contributed by atoms with Crippen molar-refractivity contribution >= 4 is 23.2 Å². The molecule has 1 aromatic carbocycles. The Morgan fingerprint density at radius 2 is 2.20 bits per heavy atom. The molecule has 0 saturated carbocycles. The first-order valence-corrected chi connectivity index (χ1v) is 6.92. The largest absolute Gasteiger partial charge is 0.294 e. The van der Waals surface area contributed by atoms with E-state index in [1.165, 1.54) is 0 Å². The van der Waals surface area contributed by atoms with Crippen LogP contribution < -0.4 is 4.42 Å². The molecule has 0 fully saturated rings. The minimum atomic E-state index is 0.0623. The van der Waals surface area contributed by atoms with E-state index in [1.807, 2.05) is 38.2 Å². The summed E-state index contributed by atoms with van der Waals surface area (Å²) in [5, 5.41) is 4.15. The fraction of sp³-hybridized carbons (Fsp3) is 0.333. The standard InChI is InChI=1S/C15H18ClN3O/c1-4-13-14(12(3)20)7-6-11(2)15(13)19(16)10-18-9-5-8-17-18/h5-9H,4,10H2,1-3H3. The molecule has 1 aromatic heterocycles. The fourth-order valence-corrected chi connectivity index (χ4v) is 2.71. The summed E-state index contributed by atoms with van der Waals surface area (Å²) in [5.41, 5.74) is 3.67. The van der Waals surface area contributed by atoms with E-state index in [-0.39, 0.29) is 5.78 Å². The van der Waals surface area contributed by atoms with Gasteiger partial charge in [-0.1, -0.05) is 19.1 Å². The number of halogens is 1. The van der Waals surface area contributed by atoms with E-state index in [9.17, 15) is 4.79 Å². The molecule has 20 heavy (non-hydrogen) atoms. The van der Waals surface area contributed by atoms with Crippen LogP contribution in [0.1, 0.15) is 35.3 Å². The van der Waals surface area contributed by atoms with Gasteiger partial charge < -0.3 is 0 Å². The fourth-order valence-electron chi connectivity index (χ4n) is 2.36. The van der Waals surface area contributed by atoms with E-state index < -0.39 is 0 Å². The highest BCUT2D eigenvalue weighted by molar-refractivity contribution is 6.26. The van der Waals surface area contributed by atoms with Gasteiger partial charge in [0.1, 0.15) is 6.67 Å². The van der Waals surface area contributed by atoms with Gasteiger partial charge in [-0.25, -0.2) is 0 Å². The quantitative estimate of drug-likeness (QED) is 0.624. The first kappa shape index (κ1) is 14.6. The number of anilines is 1. The van der Waals surface area contributed by atoms with Gasteiger partial charge in [0.2, 0.25) is 0 Å². The van der Waals surface area contributed by atoms with Gasteiger partial charge in [0.25, 0.3) is 0 Å². The van der Waals surface area contributed by atoms with Crippen LogP contribution in [-0.4, -0.2) is 15.6 Å². The Labute approximate surface area is 124 Å². The number of benzene rings is 1. The topological polar surface area (TPSA) is 38.1 Å². The average molecular weight is 292 g/mol. The van der Waals surface area contributed by atoms with E-state index in [1.54, 1.807) is 22.2 Å². The molecule has 0 unspecified atom stereocenters. The summed E-state index contributed by atoms with van der Waals surface area (Å²) in [6, 6.07) is 5.66. The first-order valence-electron chi connectivity index (χ1n) is 6.58. The molecule has 0 N–H and O–H groups in total. The summed E-state index contributed by atoms with van der Waals surface area (Å²) in [6.07, 6.45) is 4.32. The van der Waals surface area contributed by atoms with Crippen molar-refractivity contribution in [2.75, 3.05) is 4.42 Å². The van der Waals surface area contributed by atoms with Crippen LogP contribution in [0.3, 0.4) is 0 Å². The molecule has 5 heteroatoms. The third kappa shape index (κ3) is 2.85. The minimum Gasteiger partial charge on any atom is -0.294 e. The molecular weight excluding hydrogens is 274 g/mol. The number of hydrogen-bond acceptors (Lipinski definition) is 3. The van der Waals surface area contributed by atoms with E-state index >= 15 is 0 Å². The lowest BCUT2D eigenvalue weighted by molar-refractivity contribution is 0.101. The number of aromatic nitrogens is 2. The molecule has 0 radical (unpaired) electrons. The maximum atomic E-state index is 11.7.